The molecule has 1 atom stereocenters. The minimum absolute atomic E-state index is 0. The van der Waals surface area contributed by atoms with Crippen molar-refractivity contribution in [2.24, 2.45) is 5.92 Å². The van der Waals surface area contributed by atoms with Gasteiger partial charge in [0, 0.05) is 36.7 Å². The molecule has 142 valence electrons. The Morgan fingerprint density at radius 1 is 1.00 bits per heavy atom. The van der Waals surface area contributed by atoms with Crippen molar-refractivity contribution in [1.82, 2.24) is 10.2 Å². The zero-order chi connectivity index (χ0) is 15.6. The Morgan fingerprint density at radius 2 is 1.64 bits per heavy atom. The third-order valence-corrected chi connectivity index (χ3v) is 6.14. The molecule has 0 unspecified atom stereocenters. The smallest absolute Gasteiger partial charge is 0.231 e. The van der Waals surface area contributed by atoms with Gasteiger partial charge in [-0.3, -0.25) is 4.90 Å². The fourth-order valence-corrected chi connectivity index (χ4v) is 4.88. The van der Waals surface area contributed by atoms with E-state index in [-0.39, 0.29) is 24.8 Å². The molecule has 0 bridgehead atoms. The highest BCUT2D eigenvalue weighted by molar-refractivity contribution is 9.10. The van der Waals surface area contributed by atoms with Crippen molar-refractivity contribution in [3.63, 3.8) is 0 Å². The van der Waals surface area contributed by atoms with Crippen molar-refractivity contribution < 1.29 is 9.47 Å². The molecule has 3 aliphatic rings. The molecule has 2 aliphatic heterocycles. The zero-order valence-corrected chi connectivity index (χ0v) is 17.6. The van der Waals surface area contributed by atoms with Gasteiger partial charge in [-0.2, -0.15) is 0 Å². The van der Waals surface area contributed by atoms with Crippen LogP contribution < -0.4 is 14.8 Å². The lowest BCUT2D eigenvalue weighted by atomic mass is 9.80. The van der Waals surface area contributed by atoms with Crippen molar-refractivity contribution >= 4 is 40.7 Å². The van der Waals surface area contributed by atoms with Crippen LogP contribution >= 0.6 is 40.7 Å². The third kappa shape index (κ3) is 4.56. The first-order chi connectivity index (χ1) is 11.3. The fraction of sp³-hybridized carbons (Fsp3) is 0.667. The minimum Gasteiger partial charge on any atom is -0.454 e. The maximum absolute atomic E-state index is 5.65. The van der Waals surface area contributed by atoms with Crippen LogP contribution in [0.2, 0.25) is 0 Å². The van der Waals surface area contributed by atoms with E-state index in [1.165, 1.54) is 37.7 Å². The normalized spacial score (nSPS) is 22.0. The van der Waals surface area contributed by atoms with Crippen molar-refractivity contribution in [2.75, 3.05) is 33.0 Å². The topological polar surface area (TPSA) is 33.7 Å². The number of nitrogens with zero attached hydrogens (tertiary/aromatic N) is 1. The molecule has 2 fully saturated rings. The number of piperazine rings is 1. The Bertz CT molecular complexity index is 546. The van der Waals surface area contributed by atoms with E-state index >= 15 is 0 Å². The Morgan fingerprint density at radius 3 is 2.32 bits per heavy atom. The molecule has 25 heavy (non-hydrogen) atoms. The summed E-state index contributed by atoms with van der Waals surface area (Å²) in [6.07, 6.45) is 6.82. The summed E-state index contributed by atoms with van der Waals surface area (Å²) >= 11 is 3.81. The van der Waals surface area contributed by atoms with Gasteiger partial charge in [-0.1, -0.05) is 35.2 Å². The Kier molecular flexibility index (Phi) is 8.15. The fourth-order valence-electron chi connectivity index (χ4n) is 4.32. The molecule has 0 spiro atoms. The molecule has 4 rings (SSSR count). The molecule has 1 saturated heterocycles. The van der Waals surface area contributed by atoms with Crippen LogP contribution in [0.5, 0.6) is 11.5 Å². The van der Waals surface area contributed by atoms with E-state index < -0.39 is 0 Å². The molecule has 2 heterocycles. The van der Waals surface area contributed by atoms with E-state index in [1.54, 1.807) is 0 Å². The van der Waals surface area contributed by atoms with Crippen LogP contribution in [-0.2, 0) is 0 Å². The monoisotopic (exact) mass is 452 g/mol. The number of rotatable bonds is 3. The summed E-state index contributed by atoms with van der Waals surface area (Å²) in [5.74, 6) is 2.51. The minimum atomic E-state index is 0. The van der Waals surface area contributed by atoms with Gasteiger partial charge in [-0.15, -0.1) is 24.8 Å². The summed E-state index contributed by atoms with van der Waals surface area (Å²) in [6, 6.07) is 4.80. The van der Waals surface area contributed by atoms with Gasteiger partial charge in [0.15, 0.2) is 11.5 Å². The van der Waals surface area contributed by atoms with Crippen molar-refractivity contribution in [1.29, 1.82) is 0 Å². The molecule has 7 heteroatoms. The Labute approximate surface area is 171 Å². The lowest BCUT2D eigenvalue weighted by Crippen LogP contribution is -2.47. The molecule has 1 aromatic rings. The van der Waals surface area contributed by atoms with Crippen LogP contribution in [0, 0.1) is 5.92 Å². The predicted molar refractivity (Wildman–Crippen MR) is 109 cm³/mol. The summed E-state index contributed by atoms with van der Waals surface area (Å²) in [4.78, 5) is 2.68. The molecule has 0 aromatic heterocycles. The quantitative estimate of drug-likeness (QED) is 0.727. The lowest BCUT2D eigenvalue weighted by Gasteiger charge is -2.41. The number of fused-ring (bicyclic) bond motifs is 1. The van der Waals surface area contributed by atoms with Crippen LogP contribution in [0.1, 0.15) is 43.7 Å². The van der Waals surface area contributed by atoms with E-state index in [1.807, 2.05) is 0 Å². The maximum atomic E-state index is 5.65. The SMILES string of the molecule is Brc1cc2c(cc1[C@@H](C1CCCCC1)N1CCNCC1)OCO2.Cl.Cl. The van der Waals surface area contributed by atoms with E-state index in [9.17, 15) is 0 Å². The second-order valence-corrected chi connectivity index (χ2v) is 7.71. The second kappa shape index (κ2) is 9.65. The largest absolute Gasteiger partial charge is 0.454 e. The molecule has 0 amide bonds. The van der Waals surface area contributed by atoms with Crippen LogP contribution in [-0.4, -0.2) is 37.9 Å². The molecule has 1 aromatic carbocycles. The first kappa shape index (κ1) is 21.1. The molecule has 1 saturated carbocycles. The second-order valence-electron chi connectivity index (χ2n) is 6.86. The average molecular weight is 454 g/mol. The standard InChI is InChI=1S/C18H25BrN2O2.2ClH/c19-15-11-17-16(22-12-23-17)10-14(15)18(13-4-2-1-3-5-13)21-8-6-20-7-9-21;;/h10-11,13,18,20H,1-9,12H2;2*1H/t18-;;/m1../s1. The Balaban J connectivity index is 0.00000113. The maximum Gasteiger partial charge on any atom is 0.231 e. The molecular formula is C18H27BrCl2N2O2. The third-order valence-electron chi connectivity index (χ3n) is 5.45. The highest BCUT2D eigenvalue weighted by Gasteiger charge is 2.33. The van der Waals surface area contributed by atoms with Crippen LogP contribution in [0.4, 0.5) is 0 Å². The average Bonchev–Trinajstić information content (AvgIpc) is 3.04. The summed E-state index contributed by atoms with van der Waals surface area (Å²) < 4.78 is 12.3. The summed E-state index contributed by atoms with van der Waals surface area (Å²) in [7, 11) is 0. The number of hydrogen-bond acceptors (Lipinski definition) is 4. The van der Waals surface area contributed by atoms with Gasteiger partial charge in [-0.25, -0.2) is 0 Å². The number of halogens is 3. The van der Waals surface area contributed by atoms with Crippen LogP contribution in [0.25, 0.3) is 0 Å². The van der Waals surface area contributed by atoms with Gasteiger partial charge in [0.1, 0.15) is 0 Å². The van der Waals surface area contributed by atoms with E-state index in [4.69, 9.17) is 9.47 Å². The highest BCUT2D eigenvalue weighted by atomic mass is 79.9. The van der Waals surface area contributed by atoms with Crippen molar-refractivity contribution in [2.45, 2.75) is 38.1 Å². The number of hydrogen-bond donors (Lipinski definition) is 1. The van der Waals surface area contributed by atoms with Gasteiger partial charge in [0.2, 0.25) is 6.79 Å². The summed E-state index contributed by atoms with van der Waals surface area (Å²) in [5, 5.41) is 3.48. The van der Waals surface area contributed by atoms with Crippen molar-refractivity contribution in [3.8, 4) is 11.5 Å². The number of nitrogens with one attached hydrogen (secondary N) is 1. The van der Waals surface area contributed by atoms with Gasteiger partial charge >= 0.3 is 0 Å². The molecule has 1 N–H and O–H groups in total. The number of benzene rings is 1. The lowest BCUT2D eigenvalue weighted by molar-refractivity contribution is 0.103. The molecular weight excluding hydrogens is 427 g/mol. The molecule has 0 radical (unpaired) electrons. The first-order valence-electron chi connectivity index (χ1n) is 8.87. The van der Waals surface area contributed by atoms with E-state index in [0.717, 1.165) is 48.1 Å². The highest BCUT2D eigenvalue weighted by Crippen LogP contribution is 2.45. The Hall–Kier alpha value is -0.200. The van der Waals surface area contributed by atoms with Crippen LogP contribution in [0.15, 0.2) is 16.6 Å². The van der Waals surface area contributed by atoms with Gasteiger partial charge < -0.3 is 14.8 Å². The summed E-state index contributed by atoms with van der Waals surface area (Å²) in [6.45, 7) is 4.77. The molecule has 4 nitrogen and oxygen atoms in total. The van der Waals surface area contributed by atoms with Gasteiger partial charge in [-0.05, 0) is 36.5 Å². The van der Waals surface area contributed by atoms with Gasteiger partial charge in [0.25, 0.3) is 0 Å². The van der Waals surface area contributed by atoms with E-state index in [0.29, 0.717) is 12.8 Å². The zero-order valence-electron chi connectivity index (χ0n) is 14.3. The predicted octanol–water partition coefficient (Wildman–Crippen LogP) is 4.55. The van der Waals surface area contributed by atoms with E-state index in [2.05, 4.69) is 38.3 Å². The van der Waals surface area contributed by atoms with Gasteiger partial charge in [0.05, 0.1) is 0 Å². The molecule has 1 aliphatic carbocycles. The van der Waals surface area contributed by atoms with Crippen molar-refractivity contribution in [3.05, 3.63) is 22.2 Å². The van der Waals surface area contributed by atoms with Crippen LogP contribution in [0.3, 0.4) is 0 Å². The first-order valence-corrected chi connectivity index (χ1v) is 9.66. The number of ether oxygens (including phenoxy) is 2. The summed E-state index contributed by atoms with van der Waals surface area (Å²) in [5.41, 5.74) is 1.38.